The molecule has 1 aromatic rings. The molecule has 1 nitrogen and oxygen atoms in total. The first kappa shape index (κ1) is 13.8. The smallest absolute Gasteiger partial charge is 0.307 e. The van der Waals surface area contributed by atoms with Gasteiger partial charge in [-0.1, -0.05) is 0 Å². The van der Waals surface area contributed by atoms with Crippen molar-refractivity contribution in [2.75, 3.05) is 6.54 Å². The van der Waals surface area contributed by atoms with E-state index in [1.165, 1.54) is 0 Å². The Labute approximate surface area is 93.4 Å². The summed E-state index contributed by atoms with van der Waals surface area (Å²) < 4.78 is 73.3. The summed E-state index contributed by atoms with van der Waals surface area (Å²) in [5.41, 5.74) is -1.16. The van der Waals surface area contributed by atoms with Crippen LogP contribution in [0.5, 0.6) is 0 Å². The molecule has 17 heavy (non-hydrogen) atoms. The molecular formula is C10H9F6N. The Morgan fingerprint density at radius 3 is 2.29 bits per heavy atom. The van der Waals surface area contributed by atoms with Crippen molar-refractivity contribution in [1.29, 1.82) is 0 Å². The molecule has 0 aliphatic carbocycles. The Hall–Kier alpha value is -1.24. The van der Waals surface area contributed by atoms with Crippen LogP contribution in [-0.4, -0.2) is 13.0 Å². The van der Waals surface area contributed by atoms with Crippen molar-refractivity contribution < 1.29 is 26.3 Å². The molecule has 0 atom stereocenters. The zero-order chi connectivity index (χ0) is 13.1. The minimum atomic E-state index is -4.65. The SMILES string of the molecule is Fc1cc(CNCC(F)F)cc(C(F)(F)F)c1. The van der Waals surface area contributed by atoms with Crippen LogP contribution < -0.4 is 5.32 Å². The first-order valence-corrected chi connectivity index (χ1v) is 4.64. The zero-order valence-corrected chi connectivity index (χ0v) is 8.49. The first-order valence-electron chi connectivity index (χ1n) is 4.64. The summed E-state index contributed by atoms with van der Waals surface area (Å²) in [5, 5.41) is 2.22. The molecule has 96 valence electrons. The van der Waals surface area contributed by atoms with Gasteiger partial charge >= 0.3 is 6.18 Å². The van der Waals surface area contributed by atoms with Gasteiger partial charge in [0.05, 0.1) is 12.1 Å². The Morgan fingerprint density at radius 1 is 1.12 bits per heavy atom. The van der Waals surface area contributed by atoms with Crippen LogP contribution in [0.15, 0.2) is 18.2 Å². The lowest BCUT2D eigenvalue weighted by atomic mass is 10.1. The van der Waals surface area contributed by atoms with E-state index >= 15 is 0 Å². The van der Waals surface area contributed by atoms with Crippen molar-refractivity contribution in [3.8, 4) is 0 Å². The van der Waals surface area contributed by atoms with Crippen molar-refractivity contribution in [1.82, 2.24) is 5.32 Å². The Morgan fingerprint density at radius 2 is 1.76 bits per heavy atom. The third-order valence-electron chi connectivity index (χ3n) is 1.91. The predicted molar refractivity (Wildman–Crippen MR) is 49.1 cm³/mol. The van der Waals surface area contributed by atoms with Gasteiger partial charge in [-0.2, -0.15) is 13.2 Å². The number of benzene rings is 1. The molecule has 1 aromatic carbocycles. The molecule has 0 unspecified atom stereocenters. The molecule has 7 heteroatoms. The van der Waals surface area contributed by atoms with Gasteiger partial charge in [0.15, 0.2) is 0 Å². The summed E-state index contributed by atoms with van der Waals surface area (Å²) in [6, 6.07) is 1.95. The molecule has 1 N–H and O–H groups in total. The van der Waals surface area contributed by atoms with E-state index in [-0.39, 0.29) is 12.1 Å². The highest BCUT2D eigenvalue weighted by Gasteiger charge is 2.31. The van der Waals surface area contributed by atoms with Gasteiger partial charge in [0.1, 0.15) is 5.82 Å². The lowest BCUT2D eigenvalue weighted by Crippen LogP contribution is -2.21. The minimum Gasteiger partial charge on any atom is -0.307 e. The lowest BCUT2D eigenvalue weighted by Gasteiger charge is -2.10. The van der Waals surface area contributed by atoms with Crippen LogP contribution in [-0.2, 0) is 12.7 Å². The van der Waals surface area contributed by atoms with Crippen molar-refractivity contribution in [2.45, 2.75) is 19.1 Å². The predicted octanol–water partition coefficient (Wildman–Crippen LogP) is 3.20. The monoisotopic (exact) mass is 257 g/mol. The molecule has 0 bridgehead atoms. The maximum absolute atomic E-state index is 12.9. The molecule has 0 amide bonds. The number of hydrogen-bond donors (Lipinski definition) is 1. The number of alkyl halides is 5. The van der Waals surface area contributed by atoms with Crippen LogP contribution in [0.1, 0.15) is 11.1 Å². The normalized spacial score (nSPS) is 12.2. The van der Waals surface area contributed by atoms with E-state index in [1.54, 1.807) is 0 Å². The number of hydrogen-bond acceptors (Lipinski definition) is 1. The van der Waals surface area contributed by atoms with Crippen LogP contribution in [0.4, 0.5) is 26.3 Å². The van der Waals surface area contributed by atoms with Gasteiger partial charge in [0, 0.05) is 6.54 Å². The topological polar surface area (TPSA) is 12.0 Å². The fraction of sp³-hybridized carbons (Fsp3) is 0.400. The van der Waals surface area contributed by atoms with E-state index in [2.05, 4.69) is 5.32 Å². The van der Waals surface area contributed by atoms with Crippen molar-refractivity contribution in [2.24, 2.45) is 0 Å². The molecule has 0 aromatic heterocycles. The van der Waals surface area contributed by atoms with E-state index in [0.717, 1.165) is 12.1 Å². The summed E-state index contributed by atoms with van der Waals surface area (Å²) in [7, 11) is 0. The third kappa shape index (κ3) is 4.64. The van der Waals surface area contributed by atoms with E-state index < -0.39 is 30.5 Å². The fourth-order valence-electron chi connectivity index (χ4n) is 1.24. The van der Waals surface area contributed by atoms with Gasteiger partial charge in [0.2, 0.25) is 0 Å². The molecule has 1 rings (SSSR count). The van der Waals surface area contributed by atoms with Gasteiger partial charge in [-0.05, 0) is 23.8 Å². The lowest BCUT2D eigenvalue weighted by molar-refractivity contribution is -0.137. The minimum absolute atomic E-state index is 0.0297. The van der Waals surface area contributed by atoms with Crippen LogP contribution in [0.3, 0.4) is 0 Å². The average Bonchev–Trinajstić information content (AvgIpc) is 2.14. The summed E-state index contributed by atoms with van der Waals surface area (Å²) in [6.45, 7) is -0.900. The Balaban J connectivity index is 2.76. The fourth-order valence-corrected chi connectivity index (χ4v) is 1.24. The molecular weight excluding hydrogens is 248 g/mol. The summed E-state index contributed by atoms with van der Waals surface area (Å²) in [4.78, 5) is 0. The van der Waals surface area contributed by atoms with Gasteiger partial charge in [-0.15, -0.1) is 0 Å². The largest absolute Gasteiger partial charge is 0.416 e. The third-order valence-corrected chi connectivity index (χ3v) is 1.91. The highest BCUT2D eigenvalue weighted by atomic mass is 19.4. The zero-order valence-electron chi connectivity index (χ0n) is 8.49. The summed E-state index contributed by atoms with van der Waals surface area (Å²) in [5.74, 6) is -1.05. The number of nitrogens with one attached hydrogen (secondary N) is 1. The standard InChI is InChI=1S/C10H9F6N/c11-8-2-6(4-17-5-9(12)13)1-7(3-8)10(14,15)16/h1-3,9,17H,4-5H2. The van der Waals surface area contributed by atoms with Crippen molar-refractivity contribution in [3.63, 3.8) is 0 Å². The maximum Gasteiger partial charge on any atom is 0.416 e. The molecule has 0 radical (unpaired) electrons. The van der Waals surface area contributed by atoms with Gasteiger partial charge in [0.25, 0.3) is 6.43 Å². The molecule has 0 spiro atoms. The van der Waals surface area contributed by atoms with E-state index in [1.807, 2.05) is 0 Å². The average molecular weight is 257 g/mol. The maximum atomic E-state index is 12.9. The second-order valence-electron chi connectivity index (χ2n) is 3.37. The molecule has 0 fully saturated rings. The Kier molecular flexibility index (Phi) is 4.39. The number of halogens is 6. The highest BCUT2D eigenvalue weighted by molar-refractivity contribution is 5.26. The van der Waals surface area contributed by atoms with E-state index in [4.69, 9.17) is 0 Å². The van der Waals surface area contributed by atoms with Crippen molar-refractivity contribution >= 4 is 0 Å². The van der Waals surface area contributed by atoms with Gasteiger partial charge < -0.3 is 5.32 Å². The van der Waals surface area contributed by atoms with Crippen molar-refractivity contribution in [3.05, 3.63) is 35.1 Å². The second-order valence-corrected chi connectivity index (χ2v) is 3.37. The van der Waals surface area contributed by atoms with Crippen LogP contribution in [0.25, 0.3) is 0 Å². The van der Waals surface area contributed by atoms with Gasteiger partial charge in [-0.3, -0.25) is 0 Å². The van der Waals surface area contributed by atoms with Crippen LogP contribution >= 0.6 is 0 Å². The highest BCUT2D eigenvalue weighted by Crippen LogP contribution is 2.30. The van der Waals surface area contributed by atoms with Crippen LogP contribution in [0, 0.1) is 5.82 Å². The number of rotatable bonds is 4. The molecule has 0 saturated carbocycles. The quantitative estimate of drug-likeness (QED) is 0.817. The molecule has 0 aliphatic rings. The molecule has 0 aliphatic heterocycles. The van der Waals surface area contributed by atoms with Gasteiger partial charge in [-0.25, -0.2) is 13.2 Å². The second kappa shape index (κ2) is 5.39. The van der Waals surface area contributed by atoms with Crippen LogP contribution in [0.2, 0.25) is 0 Å². The van der Waals surface area contributed by atoms with E-state index in [0.29, 0.717) is 6.07 Å². The van der Waals surface area contributed by atoms with E-state index in [9.17, 15) is 26.3 Å². The summed E-state index contributed by atoms with van der Waals surface area (Å²) in [6.07, 6.45) is -7.26. The summed E-state index contributed by atoms with van der Waals surface area (Å²) >= 11 is 0. The first-order chi connectivity index (χ1) is 7.79. The molecule has 0 heterocycles. The molecule has 0 saturated heterocycles. The Bertz CT molecular complexity index is 374.